The lowest BCUT2D eigenvalue weighted by molar-refractivity contribution is 0.220. The van der Waals surface area contributed by atoms with Gasteiger partial charge < -0.3 is 4.90 Å². The van der Waals surface area contributed by atoms with Gasteiger partial charge in [0.1, 0.15) is 5.82 Å². The highest BCUT2D eigenvalue weighted by atomic mass is 32.1. The molecule has 7 heteroatoms. The van der Waals surface area contributed by atoms with E-state index in [4.69, 9.17) is 0 Å². The molecule has 3 rings (SSSR count). The molecule has 0 spiro atoms. The summed E-state index contributed by atoms with van der Waals surface area (Å²) in [7, 11) is 1.79. The van der Waals surface area contributed by atoms with Crippen LogP contribution in [0.5, 0.6) is 0 Å². The van der Waals surface area contributed by atoms with Crippen LogP contribution in [0.15, 0.2) is 17.6 Å². The lowest BCUT2D eigenvalue weighted by Crippen LogP contribution is -2.32. The molecule has 2 heterocycles. The minimum Gasteiger partial charge on any atom is -0.322 e. The topological polar surface area (TPSA) is 63.1 Å². The normalized spacial score (nSPS) is 15.5. The van der Waals surface area contributed by atoms with Crippen molar-refractivity contribution >= 4 is 23.2 Å². The Kier molecular flexibility index (Phi) is 4.89. The molecule has 1 aliphatic rings. The highest BCUT2D eigenvalue weighted by Gasteiger charge is 2.31. The lowest BCUT2D eigenvalue weighted by atomic mass is 10.2. The van der Waals surface area contributed by atoms with Crippen LogP contribution in [0.25, 0.3) is 0 Å². The highest BCUT2D eigenvalue weighted by Crippen LogP contribution is 2.40. The molecule has 24 heavy (non-hydrogen) atoms. The van der Waals surface area contributed by atoms with Crippen molar-refractivity contribution in [1.29, 1.82) is 0 Å². The highest BCUT2D eigenvalue weighted by molar-refractivity contribution is 7.09. The number of anilines is 1. The molecule has 2 amide bonds. The molecular weight excluding hydrogens is 322 g/mol. The van der Waals surface area contributed by atoms with Gasteiger partial charge in [-0.25, -0.2) is 14.5 Å². The van der Waals surface area contributed by atoms with E-state index in [-0.39, 0.29) is 6.03 Å². The second kappa shape index (κ2) is 6.93. The third-order valence-corrected chi connectivity index (χ3v) is 5.60. The first-order valence-electron chi connectivity index (χ1n) is 8.45. The fourth-order valence-corrected chi connectivity index (χ4v) is 3.52. The number of nitrogens with one attached hydrogen (secondary N) is 1. The summed E-state index contributed by atoms with van der Waals surface area (Å²) in [6, 6.07) is 2.04. The van der Waals surface area contributed by atoms with Crippen LogP contribution in [-0.4, -0.2) is 32.7 Å². The molecule has 1 atom stereocenters. The average molecular weight is 347 g/mol. The lowest BCUT2D eigenvalue weighted by Gasteiger charge is -2.19. The molecule has 1 N–H and O–H groups in total. The van der Waals surface area contributed by atoms with Gasteiger partial charge in [0, 0.05) is 24.4 Å². The monoisotopic (exact) mass is 347 g/mol. The SMILES string of the molecule is CC(C)c1nc(CN(C)C(=O)Nc2ccnn2C(C)C2CC2)cs1. The minimum atomic E-state index is -0.140. The second-order valence-corrected chi connectivity index (χ2v) is 7.75. The molecule has 0 bridgehead atoms. The smallest absolute Gasteiger partial charge is 0.322 e. The zero-order valence-corrected chi connectivity index (χ0v) is 15.5. The zero-order chi connectivity index (χ0) is 17.3. The van der Waals surface area contributed by atoms with Gasteiger partial charge in [-0.1, -0.05) is 13.8 Å². The van der Waals surface area contributed by atoms with Crippen LogP contribution >= 0.6 is 11.3 Å². The predicted octanol–water partition coefficient (Wildman–Crippen LogP) is 4.10. The van der Waals surface area contributed by atoms with E-state index in [1.54, 1.807) is 29.5 Å². The van der Waals surface area contributed by atoms with Crippen molar-refractivity contribution in [3.05, 3.63) is 28.3 Å². The second-order valence-electron chi connectivity index (χ2n) is 6.86. The van der Waals surface area contributed by atoms with Crippen molar-refractivity contribution in [3.63, 3.8) is 0 Å². The Bertz CT molecular complexity index is 703. The van der Waals surface area contributed by atoms with Crippen molar-refractivity contribution in [3.8, 4) is 0 Å². The molecule has 1 unspecified atom stereocenters. The van der Waals surface area contributed by atoms with Gasteiger partial charge in [0.05, 0.1) is 29.5 Å². The van der Waals surface area contributed by atoms with Crippen LogP contribution in [0.1, 0.15) is 56.3 Å². The van der Waals surface area contributed by atoms with Crippen LogP contribution < -0.4 is 5.32 Å². The van der Waals surface area contributed by atoms with Crippen molar-refractivity contribution < 1.29 is 4.79 Å². The number of hydrogen-bond donors (Lipinski definition) is 1. The van der Waals surface area contributed by atoms with E-state index < -0.39 is 0 Å². The number of carbonyl (C=O) groups is 1. The number of hydrogen-bond acceptors (Lipinski definition) is 4. The van der Waals surface area contributed by atoms with Crippen molar-refractivity contribution in [2.45, 2.75) is 52.1 Å². The Balaban J connectivity index is 1.61. The number of carbonyl (C=O) groups excluding carboxylic acids is 1. The van der Waals surface area contributed by atoms with Gasteiger partial charge in [0.15, 0.2) is 0 Å². The van der Waals surface area contributed by atoms with Gasteiger partial charge in [0.25, 0.3) is 0 Å². The molecule has 2 aromatic rings. The zero-order valence-electron chi connectivity index (χ0n) is 14.7. The van der Waals surface area contributed by atoms with E-state index in [0.29, 0.717) is 24.4 Å². The molecular formula is C17H25N5OS. The fourth-order valence-electron chi connectivity index (χ4n) is 2.70. The molecule has 0 aliphatic heterocycles. The summed E-state index contributed by atoms with van der Waals surface area (Å²) in [5.74, 6) is 1.86. The fraction of sp³-hybridized carbons (Fsp3) is 0.588. The maximum atomic E-state index is 12.5. The van der Waals surface area contributed by atoms with Gasteiger partial charge in [-0.2, -0.15) is 5.10 Å². The number of urea groups is 1. The first kappa shape index (κ1) is 17.0. The van der Waals surface area contributed by atoms with Crippen molar-refractivity contribution in [2.75, 3.05) is 12.4 Å². The van der Waals surface area contributed by atoms with E-state index in [0.717, 1.165) is 16.5 Å². The van der Waals surface area contributed by atoms with E-state index in [9.17, 15) is 4.79 Å². The Morgan fingerprint density at radius 2 is 2.21 bits per heavy atom. The predicted molar refractivity (Wildman–Crippen MR) is 96.4 cm³/mol. The van der Waals surface area contributed by atoms with E-state index >= 15 is 0 Å². The third kappa shape index (κ3) is 3.77. The maximum absolute atomic E-state index is 12.5. The largest absolute Gasteiger partial charge is 0.323 e. The van der Waals surface area contributed by atoms with Crippen LogP contribution in [0.2, 0.25) is 0 Å². The summed E-state index contributed by atoms with van der Waals surface area (Å²) in [5.41, 5.74) is 0.932. The van der Waals surface area contributed by atoms with Crippen molar-refractivity contribution in [1.82, 2.24) is 19.7 Å². The summed E-state index contributed by atoms with van der Waals surface area (Å²) in [5, 5.41) is 10.5. The number of aromatic nitrogens is 3. The molecule has 130 valence electrons. The van der Waals surface area contributed by atoms with Gasteiger partial charge >= 0.3 is 6.03 Å². The minimum absolute atomic E-state index is 0.140. The number of thiazole rings is 1. The maximum Gasteiger partial charge on any atom is 0.323 e. The molecule has 0 aromatic carbocycles. The van der Waals surface area contributed by atoms with Crippen LogP contribution in [0.3, 0.4) is 0 Å². The van der Waals surface area contributed by atoms with Crippen LogP contribution in [0.4, 0.5) is 10.6 Å². The summed E-state index contributed by atoms with van der Waals surface area (Å²) in [6.07, 6.45) is 4.23. The van der Waals surface area contributed by atoms with E-state index in [1.165, 1.54) is 12.8 Å². The van der Waals surface area contributed by atoms with Gasteiger partial charge in [-0.15, -0.1) is 11.3 Å². The summed E-state index contributed by atoms with van der Waals surface area (Å²) >= 11 is 1.65. The van der Waals surface area contributed by atoms with Gasteiger partial charge in [-0.05, 0) is 25.7 Å². The standard InChI is InChI=1S/C17H25N5OS/c1-11(2)16-19-14(10-24-16)9-21(4)17(23)20-15-7-8-18-22(15)12(3)13-5-6-13/h7-8,10-13H,5-6,9H2,1-4H3,(H,20,23). The van der Waals surface area contributed by atoms with Gasteiger partial charge in [-0.3, -0.25) is 5.32 Å². The first-order chi connectivity index (χ1) is 11.5. The first-order valence-corrected chi connectivity index (χ1v) is 9.33. The number of amides is 2. The molecule has 0 radical (unpaired) electrons. The van der Waals surface area contributed by atoms with Crippen LogP contribution in [-0.2, 0) is 6.54 Å². The summed E-state index contributed by atoms with van der Waals surface area (Å²) < 4.78 is 1.92. The molecule has 6 nitrogen and oxygen atoms in total. The molecule has 1 fully saturated rings. The Morgan fingerprint density at radius 3 is 2.83 bits per heavy atom. The molecule has 0 saturated heterocycles. The third-order valence-electron chi connectivity index (χ3n) is 4.40. The quantitative estimate of drug-likeness (QED) is 0.856. The molecule has 2 aromatic heterocycles. The van der Waals surface area contributed by atoms with Crippen LogP contribution in [0, 0.1) is 5.92 Å². The number of rotatable bonds is 6. The van der Waals surface area contributed by atoms with Gasteiger partial charge in [0.2, 0.25) is 0 Å². The Morgan fingerprint density at radius 1 is 1.46 bits per heavy atom. The Hall–Kier alpha value is -1.89. The Labute approximate surface area is 146 Å². The summed E-state index contributed by atoms with van der Waals surface area (Å²) in [4.78, 5) is 18.7. The summed E-state index contributed by atoms with van der Waals surface area (Å²) in [6.45, 7) is 6.91. The van der Waals surface area contributed by atoms with Crippen molar-refractivity contribution in [2.24, 2.45) is 5.92 Å². The van der Waals surface area contributed by atoms with E-state index in [1.807, 2.05) is 16.1 Å². The number of nitrogens with zero attached hydrogens (tertiary/aromatic N) is 4. The molecule has 1 aliphatic carbocycles. The average Bonchev–Trinajstić information content (AvgIpc) is 3.11. The molecule has 1 saturated carbocycles. The van der Waals surface area contributed by atoms with E-state index in [2.05, 4.69) is 36.2 Å².